The van der Waals surface area contributed by atoms with Gasteiger partial charge in [0.1, 0.15) is 11.7 Å². The highest BCUT2D eigenvalue weighted by Gasteiger charge is 2.37. The Hall–Kier alpha value is -2.69. The minimum absolute atomic E-state index is 0.0638. The van der Waals surface area contributed by atoms with E-state index >= 15 is 0 Å². The van der Waals surface area contributed by atoms with E-state index in [2.05, 4.69) is 32.1 Å². The van der Waals surface area contributed by atoms with Crippen molar-refractivity contribution < 1.29 is 19.4 Å². The highest BCUT2D eigenvalue weighted by Crippen LogP contribution is 2.27. The Morgan fingerprint density at radius 1 is 1.16 bits per heavy atom. The van der Waals surface area contributed by atoms with Gasteiger partial charge in [0.2, 0.25) is 5.91 Å². The summed E-state index contributed by atoms with van der Waals surface area (Å²) in [6, 6.07) is 8.95. The molecule has 0 saturated carbocycles. The van der Waals surface area contributed by atoms with Crippen molar-refractivity contribution in [3.63, 3.8) is 0 Å². The Bertz CT molecular complexity index is 1020. The molecular formula is C27H39ClN6O4. The second-order valence-electron chi connectivity index (χ2n) is 10.5. The molecule has 4 aliphatic heterocycles. The number of ether oxygens (including phenoxy) is 1. The van der Waals surface area contributed by atoms with Crippen molar-refractivity contribution in [3.05, 3.63) is 34.9 Å². The number of nitrogens with two attached hydrogens (primary N) is 1. The molecule has 208 valence electrons. The van der Waals surface area contributed by atoms with Crippen LogP contribution in [-0.2, 0) is 20.7 Å². The molecule has 1 aromatic carbocycles. The lowest BCUT2D eigenvalue weighted by Crippen LogP contribution is -2.59. The number of morpholine rings is 1. The van der Waals surface area contributed by atoms with Gasteiger partial charge in [0.15, 0.2) is 0 Å². The molecule has 4 aliphatic rings. The van der Waals surface area contributed by atoms with Crippen LogP contribution >= 0.6 is 11.6 Å². The number of amidine groups is 2. The van der Waals surface area contributed by atoms with Gasteiger partial charge in [-0.1, -0.05) is 23.7 Å². The molecule has 1 amide bonds. The number of nitrogens with zero attached hydrogens (tertiary/aromatic N) is 5. The van der Waals surface area contributed by atoms with Crippen LogP contribution < -0.4 is 5.73 Å². The van der Waals surface area contributed by atoms with E-state index in [1.807, 2.05) is 17.0 Å². The van der Waals surface area contributed by atoms with E-state index in [1.54, 1.807) is 0 Å². The van der Waals surface area contributed by atoms with Crippen molar-refractivity contribution in [1.82, 2.24) is 14.7 Å². The van der Waals surface area contributed by atoms with Crippen molar-refractivity contribution in [2.45, 2.75) is 70.1 Å². The maximum atomic E-state index is 12.4. The van der Waals surface area contributed by atoms with E-state index in [-0.39, 0.29) is 12.0 Å². The number of benzene rings is 1. The fourth-order valence-corrected chi connectivity index (χ4v) is 5.82. The fourth-order valence-electron chi connectivity index (χ4n) is 5.69. The fraction of sp³-hybridized carbons (Fsp3) is 0.630. The molecule has 0 aromatic heterocycles. The third-order valence-corrected chi connectivity index (χ3v) is 7.82. The molecular weight excluding hydrogens is 508 g/mol. The number of rotatable bonds is 5. The first-order valence-corrected chi connectivity index (χ1v) is 13.9. The Labute approximate surface area is 229 Å². The summed E-state index contributed by atoms with van der Waals surface area (Å²) in [4.78, 5) is 28.4. The minimum atomic E-state index is -0.833. The van der Waals surface area contributed by atoms with Gasteiger partial charge in [-0.15, -0.1) is 10.2 Å². The smallest absolute Gasteiger partial charge is 0.300 e. The number of likely N-dealkylation sites (tertiary alicyclic amines) is 2. The second-order valence-corrected chi connectivity index (χ2v) is 10.9. The zero-order valence-electron chi connectivity index (χ0n) is 22.1. The molecule has 0 bridgehead atoms. The van der Waals surface area contributed by atoms with Gasteiger partial charge in [0, 0.05) is 63.2 Å². The minimum Gasteiger partial charge on any atom is -0.481 e. The lowest BCUT2D eigenvalue weighted by atomic mass is 9.95. The summed E-state index contributed by atoms with van der Waals surface area (Å²) in [5.74, 6) is 1.04. The molecule has 0 spiro atoms. The van der Waals surface area contributed by atoms with Crippen molar-refractivity contribution >= 4 is 35.1 Å². The van der Waals surface area contributed by atoms with Gasteiger partial charge in [-0.05, 0) is 49.8 Å². The molecule has 5 rings (SSSR count). The summed E-state index contributed by atoms with van der Waals surface area (Å²) in [6.45, 7) is 6.13. The first-order valence-electron chi connectivity index (χ1n) is 13.5. The van der Waals surface area contributed by atoms with Gasteiger partial charge in [-0.2, -0.15) is 0 Å². The number of hydrogen-bond donors (Lipinski definition) is 2. The van der Waals surface area contributed by atoms with E-state index in [4.69, 9.17) is 32.0 Å². The number of carboxylic acids is 1. The van der Waals surface area contributed by atoms with E-state index in [0.29, 0.717) is 43.9 Å². The molecule has 1 aromatic rings. The standard InChI is InChI=1S/C25H35ClN6O2.C2H4O2/c26-19-6-4-18(5-7-19)13-21-17-34-22(15-31-10-2-1-3-25(31)33)16-32(21)20-8-11-30(12-9-20)24-14-23(27)28-29-24;1-2(3)4/h4-7,20-22H,1-3,8-17H2,(H2,27,28);1H3,(H,3,4)/t21-,22-;/m0./s1. The second kappa shape index (κ2) is 13.4. The van der Waals surface area contributed by atoms with Crippen molar-refractivity contribution in [1.29, 1.82) is 0 Å². The molecule has 10 nitrogen and oxygen atoms in total. The van der Waals surface area contributed by atoms with Crippen LogP contribution in [0.15, 0.2) is 34.5 Å². The number of carbonyl (C=O) groups is 2. The molecule has 0 unspecified atom stereocenters. The number of carbonyl (C=O) groups excluding carboxylic acids is 1. The van der Waals surface area contributed by atoms with Gasteiger partial charge < -0.3 is 25.4 Å². The van der Waals surface area contributed by atoms with Gasteiger partial charge >= 0.3 is 0 Å². The SMILES string of the molecule is CC(=O)O.NC1=NN=C(N2CCC(N3C[C@H](CN4CCCCC4=O)OC[C@@H]3Cc3ccc(Cl)cc3)CC2)C1. The van der Waals surface area contributed by atoms with Crippen molar-refractivity contribution in [2.24, 2.45) is 15.9 Å². The molecule has 3 saturated heterocycles. The maximum Gasteiger partial charge on any atom is 0.300 e. The highest BCUT2D eigenvalue weighted by molar-refractivity contribution is 6.30. The third-order valence-electron chi connectivity index (χ3n) is 7.57. The van der Waals surface area contributed by atoms with E-state index in [1.165, 1.54) is 5.56 Å². The van der Waals surface area contributed by atoms with Crippen LogP contribution in [0.1, 0.15) is 51.0 Å². The summed E-state index contributed by atoms with van der Waals surface area (Å²) >= 11 is 6.11. The topological polar surface area (TPSA) is 124 Å². The molecule has 4 heterocycles. The van der Waals surface area contributed by atoms with Crippen LogP contribution in [0.5, 0.6) is 0 Å². The normalized spacial score (nSPS) is 24.9. The average molecular weight is 547 g/mol. The summed E-state index contributed by atoms with van der Waals surface area (Å²) in [5.41, 5.74) is 7.11. The number of piperidine rings is 2. The quantitative estimate of drug-likeness (QED) is 0.581. The molecule has 3 fully saturated rings. The first kappa shape index (κ1) is 28.3. The van der Waals surface area contributed by atoms with Gasteiger partial charge in [-0.25, -0.2) is 0 Å². The van der Waals surface area contributed by atoms with Crippen LogP contribution in [-0.4, -0.2) is 101 Å². The monoisotopic (exact) mass is 546 g/mol. The largest absolute Gasteiger partial charge is 0.481 e. The van der Waals surface area contributed by atoms with E-state index in [0.717, 1.165) is 76.1 Å². The van der Waals surface area contributed by atoms with Crippen molar-refractivity contribution in [2.75, 3.05) is 39.3 Å². The predicted molar refractivity (Wildman–Crippen MR) is 147 cm³/mol. The van der Waals surface area contributed by atoms with Crippen LogP contribution in [0.3, 0.4) is 0 Å². The van der Waals surface area contributed by atoms with Crippen molar-refractivity contribution in [3.8, 4) is 0 Å². The lowest BCUT2D eigenvalue weighted by molar-refractivity contribution is -0.139. The Balaban J connectivity index is 0.000000786. The lowest BCUT2D eigenvalue weighted by Gasteiger charge is -2.47. The number of amides is 1. The molecule has 11 heteroatoms. The zero-order valence-corrected chi connectivity index (χ0v) is 22.9. The third kappa shape index (κ3) is 7.91. The van der Waals surface area contributed by atoms with E-state index in [9.17, 15) is 4.79 Å². The molecule has 0 radical (unpaired) electrons. The van der Waals surface area contributed by atoms with Crippen LogP contribution in [0.2, 0.25) is 5.02 Å². The molecule has 38 heavy (non-hydrogen) atoms. The summed E-state index contributed by atoms with van der Waals surface area (Å²) in [5, 5.41) is 16.5. The summed E-state index contributed by atoms with van der Waals surface area (Å²) in [7, 11) is 0. The molecule has 0 aliphatic carbocycles. The highest BCUT2D eigenvalue weighted by atomic mass is 35.5. The Morgan fingerprint density at radius 2 is 1.87 bits per heavy atom. The summed E-state index contributed by atoms with van der Waals surface area (Å²) < 4.78 is 6.35. The molecule has 3 N–H and O–H groups in total. The zero-order chi connectivity index (χ0) is 27.1. The van der Waals surface area contributed by atoms with Crippen LogP contribution in [0, 0.1) is 0 Å². The number of aliphatic carboxylic acids is 1. The maximum absolute atomic E-state index is 12.4. The Morgan fingerprint density at radius 3 is 2.50 bits per heavy atom. The number of hydrogen-bond acceptors (Lipinski definition) is 8. The van der Waals surface area contributed by atoms with Gasteiger partial charge in [0.05, 0.1) is 19.1 Å². The van der Waals surface area contributed by atoms with Crippen LogP contribution in [0.25, 0.3) is 0 Å². The van der Waals surface area contributed by atoms with Gasteiger partial charge in [-0.3, -0.25) is 14.5 Å². The van der Waals surface area contributed by atoms with Crippen LogP contribution in [0.4, 0.5) is 0 Å². The predicted octanol–water partition coefficient (Wildman–Crippen LogP) is 2.59. The Kier molecular flexibility index (Phi) is 9.98. The number of halogens is 1. The summed E-state index contributed by atoms with van der Waals surface area (Å²) in [6.07, 6.45) is 6.59. The average Bonchev–Trinajstić information content (AvgIpc) is 3.34. The van der Waals surface area contributed by atoms with E-state index < -0.39 is 5.97 Å². The molecule has 2 atom stereocenters. The van der Waals surface area contributed by atoms with Gasteiger partial charge in [0.25, 0.3) is 5.97 Å². The first-order chi connectivity index (χ1) is 18.3. The number of carboxylic acid groups (broad SMARTS) is 1.